The van der Waals surface area contributed by atoms with Gasteiger partial charge in [0, 0.05) is 11.8 Å². The molecule has 2 rings (SSSR count). The zero-order valence-corrected chi connectivity index (χ0v) is 11.4. The van der Waals surface area contributed by atoms with E-state index in [-0.39, 0.29) is 11.8 Å². The Morgan fingerprint density at radius 3 is 2.28 bits per heavy atom. The van der Waals surface area contributed by atoms with Gasteiger partial charge in [-0.3, -0.25) is 9.59 Å². The van der Waals surface area contributed by atoms with E-state index < -0.39 is 10.8 Å². The summed E-state index contributed by atoms with van der Waals surface area (Å²) in [4.78, 5) is 23.7. The average molecular weight is 250 g/mol. The SMILES string of the molecule is CC1=NN(C2=NNC(=O)CC2(C)C)C(=O)C1(C)C. The Kier molecular flexibility index (Phi) is 2.57. The number of rotatable bonds is 0. The van der Waals surface area contributed by atoms with Crippen LogP contribution in [-0.4, -0.2) is 28.4 Å². The summed E-state index contributed by atoms with van der Waals surface area (Å²) in [7, 11) is 0. The van der Waals surface area contributed by atoms with Crippen molar-refractivity contribution in [1.29, 1.82) is 0 Å². The van der Waals surface area contributed by atoms with E-state index in [1.807, 2.05) is 34.6 Å². The summed E-state index contributed by atoms with van der Waals surface area (Å²) < 4.78 is 0. The lowest BCUT2D eigenvalue weighted by Gasteiger charge is -2.32. The molecule has 0 radical (unpaired) electrons. The number of nitrogens with zero attached hydrogens (tertiary/aromatic N) is 3. The van der Waals surface area contributed by atoms with Crippen molar-refractivity contribution in [3.05, 3.63) is 0 Å². The molecule has 0 spiro atoms. The first-order valence-electron chi connectivity index (χ1n) is 5.93. The topological polar surface area (TPSA) is 74.1 Å². The summed E-state index contributed by atoms with van der Waals surface area (Å²) in [5.74, 6) is 0.246. The Morgan fingerprint density at radius 1 is 1.22 bits per heavy atom. The molecule has 0 saturated carbocycles. The van der Waals surface area contributed by atoms with Crippen LogP contribution >= 0.6 is 0 Å². The maximum absolute atomic E-state index is 12.3. The number of carbonyl (C=O) groups excluding carboxylic acids is 2. The van der Waals surface area contributed by atoms with Gasteiger partial charge in [-0.25, -0.2) is 5.43 Å². The molecule has 0 atom stereocenters. The summed E-state index contributed by atoms with van der Waals surface area (Å²) in [5, 5.41) is 9.62. The van der Waals surface area contributed by atoms with Crippen molar-refractivity contribution in [3.8, 4) is 0 Å². The molecule has 98 valence electrons. The monoisotopic (exact) mass is 250 g/mol. The van der Waals surface area contributed by atoms with Crippen LogP contribution in [0.2, 0.25) is 0 Å². The molecule has 0 aromatic rings. The standard InChI is InChI=1S/C12H18N4O2/c1-7-12(4,5)10(18)16(15-7)9-11(2,3)6-8(17)13-14-9/h6H2,1-5H3,(H,13,17). The second-order valence-corrected chi connectivity index (χ2v) is 5.96. The number of amides is 2. The van der Waals surface area contributed by atoms with E-state index >= 15 is 0 Å². The predicted molar refractivity (Wildman–Crippen MR) is 67.7 cm³/mol. The molecule has 0 fully saturated rings. The second-order valence-electron chi connectivity index (χ2n) is 5.96. The number of hydrogen-bond acceptors (Lipinski definition) is 4. The van der Waals surface area contributed by atoms with Crippen LogP contribution in [0.1, 0.15) is 41.0 Å². The van der Waals surface area contributed by atoms with Gasteiger partial charge in [0.2, 0.25) is 5.91 Å². The highest BCUT2D eigenvalue weighted by molar-refractivity contribution is 6.17. The van der Waals surface area contributed by atoms with Crippen molar-refractivity contribution < 1.29 is 9.59 Å². The fourth-order valence-corrected chi connectivity index (χ4v) is 2.00. The van der Waals surface area contributed by atoms with Gasteiger partial charge >= 0.3 is 0 Å². The Balaban J connectivity index is 2.40. The molecular weight excluding hydrogens is 232 g/mol. The van der Waals surface area contributed by atoms with Gasteiger partial charge in [-0.1, -0.05) is 13.8 Å². The zero-order valence-electron chi connectivity index (χ0n) is 11.4. The Morgan fingerprint density at radius 2 is 1.83 bits per heavy atom. The van der Waals surface area contributed by atoms with Crippen LogP contribution in [0.15, 0.2) is 10.2 Å². The van der Waals surface area contributed by atoms with Gasteiger partial charge in [-0.15, -0.1) is 0 Å². The minimum atomic E-state index is -0.611. The molecule has 0 aromatic carbocycles. The molecule has 6 heteroatoms. The molecule has 6 nitrogen and oxygen atoms in total. The van der Waals surface area contributed by atoms with Crippen molar-refractivity contribution in [1.82, 2.24) is 10.4 Å². The molecule has 0 aliphatic carbocycles. The Hall–Kier alpha value is -1.72. The molecule has 0 aromatic heterocycles. The van der Waals surface area contributed by atoms with Gasteiger partial charge in [-0.2, -0.15) is 15.2 Å². The van der Waals surface area contributed by atoms with Crippen molar-refractivity contribution in [2.24, 2.45) is 21.0 Å². The number of hydrazone groups is 2. The van der Waals surface area contributed by atoms with Crippen LogP contribution in [0.3, 0.4) is 0 Å². The van der Waals surface area contributed by atoms with E-state index in [9.17, 15) is 9.59 Å². The summed E-state index contributed by atoms with van der Waals surface area (Å²) >= 11 is 0. The van der Waals surface area contributed by atoms with Crippen LogP contribution < -0.4 is 5.43 Å². The lowest BCUT2D eigenvalue weighted by Crippen LogP contribution is -2.48. The maximum atomic E-state index is 12.3. The van der Waals surface area contributed by atoms with E-state index in [0.717, 1.165) is 5.71 Å². The lowest BCUT2D eigenvalue weighted by atomic mass is 9.84. The van der Waals surface area contributed by atoms with E-state index in [2.05, 4.69) is 15.6 Å². The molecule has 2 aliphatic rings. The molecule has 18 heavy (non-hydrogen) atoms. The largest absolute Gasteiger partial charge is 0.273 e. The molecule has 0 saturated heterocycles. The third-order valence-corrected chi connectivity index (χ3v) is 3.58. The highest BCUT2D eigenvalue weighted by Crippen LogP contribution is 2.34. The fraction of sp³-hybridized carbons (Fsp3) is 0.667. The molecule has 2 amide bonds. The van der Waals surface area contributed by atoms with Crippen LogP contribution in [0, 0.1) is 10.8 Å². The zero-order chi connectivity index (χ0) is 13.7. The third kappa shape index (κ3) is 1.72. The van der Waals surface area contributed by atoms with Crippen molar-refractivity contribution in [2.45, 2.75) is 41.0 Å². The van der Waals surface area contributed by atoms with Gasteiger partial charge in [-0.05, 0) is 20.8 Å². The first kappa shape index (κ1) is 12.7. The molecule has 0 unspecified atom stereocenters. The number of amidine groups is 1. The lowest BCUT2D eigenvalue weighted by molar-refractivity contribution is -0.132. The summed E-state index contributed by atoms with van der Waals surface area (Å²) in [5.41, 5.74) is 2.06. The van der Waals surface area contributed by atoms with Gasteiger partial charge in [0.05, 0.1) is 11.1 Å². The smallest absolute Gasteiger partial charge is 0.260 e. The molecular formula is C12H18N4O2. The Bertz CT molecular complexity index is 488. The van der Waals surface area contributed by atoms with E-state index in [0.29, 0.717) is 12.3 Å². The molecule has 2 aliphatic heterocycles. The summed E-state index contributed by atoms with van der Waals surface area (Å²) in [6.45, 7) is 9.27. The van der Waals surface area contributed by atoms with Crippen LogP contribution in [0.5, 0.6) is 0 Å². The van der Waals surface area contributed by atoms with Crippen LogP contribution in [0.4, 0.5) is 0 Å². The van der Waals surface area contributed by atoms with Crippen molar-refractivity contribution >= 4 is 23.4 Å². The van der Waals surface area contributed by atoms with Crippen LogP contribution in [0.25, 0.3) is 0 Å². The predicted octanol–water partition coefficient (Wildman–Crippen LogP) is 1.09. The fourth-order valence-electron chi connectivity index (χ4n) is 2.00. The van der Waals surface area contributed by atoms with E-state index in [1.54, 1.807) is 0 Å². The molecule has 0 bridgehead atoms. The van der Waals surface area contributed by atoms with Gasteiger partial charge < -0.3 is 0 Å². The van der Waals surface area contributed by atoms with Gasteiger partial charge in [0.25, 0.3) is 5.91 Å². The van der Waals surface area contributed by atoms with Gasteiger partial charge in [0.15, 0.2) is 5.84 Å². The first-order valence-corrected chi connectivity index (χ1v) is 5.93. The van der Waals surface area contributed by atoms with Crippen LogP contribution in [-0.2, 0) is 9.59 Å². The average Bonchev–Trinajstić information content (AvgIpc) is 2.41. The minimum absolute atomic E-state index is 0.108. The third-order valence-electron chi connectivity index (χ3n) is 3.58. The van der Waals surface area contributed by atoms with E-state index in [4.69, 9.17) is 0 Å². The number of nitrogens with one attached hydrogen (secondary N) is 1. The summed E-state index contributed by atoms with van der Waals surface area (Å²) in [6, 6.07) is 0. The highest BCUT2D eigenvalue weighted by Gasteiger charge is 2.47. The highest BCUT2D eigenvalue weighted by atomic mass is 16.2. The second kappa shape index (κ2) is 3.63. The molecule has 2 heterocycles. The van der Waals surface area contributed by atoms with Crippen molar-refractivity contribution in [2.75, 3.05) is 0 Å². The van der Waals surface area contributed by atoms with Crippen molar-refractivity contribution in [3.63, 3.8) is 0 Å². The normalized spacial score (nSPS) is 25.7. The Labute approximate surface area is 106 Å². The minimum Gasteiger partial charge on any atom is -0.273 e. The number of hydrogen-bond donors (Lipinski definition) is 1. The first-order chi connectivity index (χ1) is 8.16. The quantitative estimate of drug-likeness (QED) is 0.698. The summed E-state index contributed by atoms with van der Waals surface area (Å²) in [6.07, 6.45) is 0.296. The number of carbonyl (C=O) groups is 2. The van der Waals surface area contributed by atoms with Gasteiger partial charge in [0.1, 0.15) is 0 Å². The molecule has 1 N–H and O–H groups in total. The maximum Gasteiger partial charge on any atom is 0.260 e. The van der Waals surface area contributed by atoms with E-state index in [1.165, 1.54) is 5.01 Å².